The number of benzene rings is 2. The highest BCUT2D eigenvalue weighted by Gasteiger charge is 1.96. The Bertz CT molecular complexity index is 477. The van der Waals surface area contributed by atoms with Gasteiger partial charge in [0.05, 0.1) is 6.61 Å². The maximum atomic E-state index is 8.85. The summed E-state index contributed by atoms with van der Waals surface area (Å²) in [6.07, 6.45) is 4.02. The van der Waals surface area contributed by atoms with Crippen molar-refractivity contribution >= 4 is 0 Å². The van der Waals surface area contributed by atoms with Gasteiger partial charge in [-0.05, 0) is 48.9 Å². The Labute approximate surface area is 121 Å². The normalized spacial score (nSPS) is 10.4. The van der Waals surface area contributed by atoms with Crippen molar-refractivity contribution in [2.45, 2.75) is 25.7 Å². The first-order valence-corrected chi connectivity index (χ1v) is 7.25. The fraction of sp³-hybridized carbons (Fsp3) is 0.333. The molecule has 2 nitrogen and oxygen atoms in total. The molecule has 2 heteroatoms. The topological polar surface area (TPSA) is 29.5 Å². The van der Waals surface area contributed by atoms with Crippen molar-refractivity contribution in [2.75, 3.05) is 13.2 Å². The molecule has 0 unspecified atom stereocenters. The van der Waals surface area contributed by atoms with Gasteiger partial charge >= 0.3 is 0 Å². The molecular weight excluding hydrogens is 248 g/mol. The van der Waals surface area contributed by atoms with Gasteiger partial charge in [-0.3, -0.25) is 0 Å². The van der Waals surface area contributed by atoms with Crippen LogP contribution in [-0.4, -0.2) is 18.3 Å². The Kier molecular flexibility index (Phi) is 6.12. The first-order chi connectivity index (χ1) is 9.88. The van der Waals surface area contributed by atoms with Gasteiger partial charge in [0.1, 0.15) is 5.75 Å². The molecule has 0 aliphatic heterocycles. The number of aryl methyl sites for hydroxylation is 1. The molecule has 0 spiro atoms. The number of ether oxygens (including phenoxy) is 1. The van der Waals surface area contributed by atoms with E-state index in [2.05, 4.69) is 24.3 Å². The van der Waals surface area contributed by atoms with Gasteiger partial charge < -0.3 is 9.84 Å². The summed E-state index contributed by atoms with van der Waals surface area (Å²) in [6.45, 7) is 0.950. The van der Waals surface area contributed by atoms with Crippen LogP contribution in [0.3, 0.4) is 0 Å². The quantitative estimate of drug-likeness (QED) is 0.742. The molecule has 1 N–H and O–H groups in total. The molecule has 0 atom stereocenters. The van der Waals surface area contributed by atoms with Crippen molar-refractivity contribution in [1.29, 1.82) is 0 Å². The molecule has 2 rings (SSSR count). The summed E-state index contributed by atoms with van der Waals surface area (Å²) >= 11 is 0. The van der Waals surface area contributed by atoms with Gasteiger partial charge in [0.15, 0.2) is 0 Å². The Hall–Kier alpha value is -1.80. The zero-order valence-electron chi connectivity index (χ0n) is 11.8. The average Bonchev–Trinajstić information content (AvgIpc) is 2.50. The van der Waals surface area contributed by atoms with Gasteiger partial charge in [-0.2, -0.15) is 0 Å². The van der Waals surface area contributed by atoms with Gasteiger partial charge in [0, 0.05) is 6.61 Å². The molecule has 0 aromatic heterocycles. The van der Waals surface area contributed by atoms with Crippen molar-refractivity contribution in [3.05, 3.63) is 65.7 Å². The summed E-state index contributed by atoms with van der Waals surface area (Å²) in [6, 6.07) is 18.5. The lowest BCUT2D eigenvalue weighted by Gasteiger charge is -2.07. The largest absolute Gasteiger partial charge is 0.494 e. The third-order valence-corrected chi connectivity index (χ3v) is 3.30. The van der Waals surface area contributed by atoms with E-state index in [1.54, 1.807) is 0 Å². The lowest BCUT2D eigenvalue weighted by atomic mass is 10.1. The van der Waals surface area contributed by atoms with Gasteiger partial charge in [0.25, 0.3) is 0 Å². The summed E-state index contributed by atoms with van der Waals surface area (Å²) in [5.41, 5.74) is 2.53. The molecule has 2 aromatic rings. The van der Waals surface area contributed by atoms with Crippen LogP contribution in [-0.2, 0) is 12.8 Å². The van der Waals surface area contributed by atoms with Crippen molar-refractivity contribution in [1.82, 2.24) is 0 Å². The number of rotatable bonds is 8. The minimum absolute atomic E-state index is 0.194. The SMILES string of the molecule is OCCc1ccc(OCCCCc2ccccc2)cc1. The molecule has 0 amide bonds. The summed E-state index contributed by atoms with van der Waals surface area (Å²) in [5.74, 6) is 0.909. The highest BCUT2D eigenvalue weighted by molar-refractivity contribution is 5.27. The molecule has 0 fully saturated rings. The molecule has 0 aliphatic rings. The van der Waals surface area contributed by atoms with Crippen LogP contribution in [0.25, 0.3) is 0 Å². The van der Waals surface area contributed by atoms with Crippen molar-refractivity contribution in [3.8, 4) is 5.75 Å². The van der Waals surface area contributed by atoms with Crippen LogP contribution in [0.5, 0.6) is 5.75 Å². The number of hydrogen-bond acceptors (Lipinski definition) is 2. The Morgan fingerprint density at radius 1 is 0.750 bits per heavy atom. The van der Waals surface area contributed by atoms with E-state index in [4.69, 9.17) is 9.84 Å². The maximum Gasteiger partial charge on any atom is 0.119 e. The van der Waals surface area contributed by atoms with E-state index < -0.39 is 0 Å². The molecular formula is C18H22O2. The fourth-order valence-electron chi connectivity index (χ4n) is 2.15. The van der Waals surface area contributed by atoms with E-state index in [-0.39, 0.29) is 6.61 Å². The fourth-order valence-corrected chi connectivity index (χ4v) is 2.15. The molecule has 0 aliphatic carbocycles. The van der Waals surface area contributed by atoms with E-state index >= 15 is 0 Å². The molecule has 106 valence electrons. The lowest BCUT2D eigenvalue weighted by molar-refractivity contribution is 0.298. The maximum absolute atomic E-state index is 8.85. The molecule has 0 saturated heterocycles. The Morgan fingerprint density at radius 3 is 2.15 bits per heavy atom. The number of unbranched alkanes of at least 4 members (excludes halogenated alkanes) is 1. The van der Waals surface area contributed by atoms with Crippen LogP contribution < -0.4 is 4.74 Å². The second-order valence-electron chi connectivity index (χ2n) is 4.91. The third kappa shape index (κ3) is 5.06. The van der Waals surface area contributed by atoms with Crippen LogP contribution in [0, 0.1) is 0 Å². The van der Waals surface area contributed by atoms with Gasteiger partial charge in [-0.1, -0.05) is 42.5 Å². The minimum Gasteiger partial charge on any atom is -0.494 e. The van der Waals surface area contributed by atoms with E-state index in [0.717, 1.165) is 37.2 Å². The second-order valence-corrected chi connectivity index (χ2v) is 4.91. The third-order valence-electron chi connectivity index (χ3n) is 3.30. The second kappa shape index (κ2) is 8.39. The first-order valence-electron chi connectivity index (χ1n) is 7.25. The average molecular weight is 270 g/mol. The summed E-state index contributed by atoms with van der Waals surface area (Å²) in [5, 5.41) is 8.85. The molecule has 20 heavy (non-hydrogen) atoms. The molecule has 0 heterocycles. The summed E-state index contributed by atoms with van der Waals surface area (Å²) in [7, 11) is 0. The zero-order valence-corrected chi connectivity index (χ0v) is 11.8. The number of aliphatic hydroxyl groups is 1. The van der Waals surface area contributed by atoms with E-state index in [1.807, 2.05) is 30.3 Å². The van der Waals surface area contributed by atoms with Crippen LogP contribution in [0.4, 0.5) is 0 Å². The Balaban J connectivity index is 1.63. The Morgan fingerprint density at radius 2 is 1.45 bits per heavy atom. The molecule has 2 aromatic carbocycles. The van der Waals surface area contributed by atoms with Crippen molar-refractivity contribution < 1.29 is 9.84 Å². The minimum atomic E-state index is 0.194. The van der Waals surface area contributed by atoms with Gasteiger partial charge in [-0.15, -0.1) is 0 Å². The van der Waals surface area contributed by atoms with E-state index in [0.29, 0.717) is 6.42 Å². The van der Waals surface area contributed by atoms with Crippen LogP contribution >= 0.6 is 0 Å². The predicted molar refractivity (Wildman–Crippen MR) is 82.1 cm³/mol. The zero-order chi connectivity index (χ0) is 14.0. The summed E-state index contributed by atoms with van der Waals surface area (Å²) in [4.78, 5) is 0. The van der Waals surface area contributed by atoms with Crippen LogP contribution in [0.1, 0.15) is 24.0 Å². The summed E-state index contributed by atoms with van der Waals surface area (Å²) < 4.78 is 5.71. The van der Waals surface area contributed by atoms with Gasteiger partial charge in [0.2, 0.25) is 0 Å². The lowest BCUT2D eigenvalue weighted by Crippen LogP contribution is -1.98. The molecule has 0 saturated carbocycles. The highest BCUT2D eigenvalue weighted by atomic mass is 16.5. The monoisotopic (exact) mass is 270 g/mol. The van der Waals surface area contributed by atoms with Crippen LogP contribution in [0.15, 0.2) is 54.6 Å². The van der Waals surface area contributed by atoms with Crippen molar-refractivity contribution in [3.63, 3.8) is 0 Å². The molecule has 0 radical (unpaired) electrons. The number of aliphatic hydroxyl groups excluding tert-OH is 1. The standard InChI is InChI=1S/C18H22O2/c19-14-13-17-9-11-18(12-10-17)20-15-5-4-8-16-6-2-1-3-7-16/h1-3,6-7,9-12,19H,4-5,8,13-15H2. The predicted octanol–water partition coefficient (Wildman–Crippen LogP) is 3.62. The number of hydrogen-bond donors (Lipinski definition) is 1. The van der Waals surface area contributed by atoms with Crippen LogP contribution in [0.2, 0.25) is 0 Å². The van der Waals surface area contributed by atoms with Gasteiger partial charge in [-0.25, -0.2) is 0 Å². The highest BCUT2D eigenvalue weighted by Crippen LogP contribution is 2.13. The molecule has 0 bridgehead atoms. The van der Waals surface area contributed by atoms with E-state index in [1.165, 1.54) is 5.56 Å². The van der Waals surface area contributed by atoms with E-state index in [9.17, 15) is 0 Å². The smallest absolute Gasteiger partial charge is 0.119 e. The van der Waals surface area contributed by atoms with Crippen molar-refractivity contribution in [2.24, 2.45) is 0 Å². The first kappa shape index (κ1) is 14.6.